The molecule has 0 saturated carbocycles. The molecular formula is C18H25N6O5P. The minimum atomic E-state index is -3.47. The number of fused-ring (bicyclic) bond motifs is 1. The molecule has 2 aromatic heterocycles. The fourth-order valence-electron chi connectivity index (χ4n) is 2.76. The molecule has 0 bridgehead atoms. The molecule has 11 nitrogen and oxygen atoms in total. The van der Waals surface area contributed by atoms with E-state index in [2.05, 4.69) is 15.0 Å². The Morgan fingerprint density at radius 3 is 2.63 bits per heavy atom. The number of anilines is 2. The van der Waals surface area contributed by atoms with Gasteiger partial charge < -0.3 is 34.6 Å². The van der Waals surface area contributed by atoms with Crippen molar-refractivity contribution >= 4 is 30.5 Å². The molecule has 0 aliphatic carbocycles. The molecule has 162 valence electrons. The van der Waals surface area contributed by atoms with Gasteiger partial charge in [0.05, 0.1) is 32.2 Å². The van der Waals surface area contributed by atoms with Crippen molar-refractivity contribution in [2.75, 3.05) is 38.6 Å². The van der Waals surface area contributed by atoms with Crippen molar-refractivity contribution in [1.29, 1.82) is 0 Å². The molecule has 0 saturated heterocycles. The second-order valence-electron chi connectivity index (χ2n) is 6.46. The van der Waals surface area contributed by atoms with E-state index in [0.29, 0.717) is 17.7 Å². The molecule has 0 spiro atoms. The third-order valence-electron chi connectivity index (χ3n) is 4.28. The summed E-state index contributed by atoms with van der Waals surface area (Å²) in [7, 11) is -0.596. The first-order chi connectivity index (χ1) is 14.4. The Morgan fingerprint density at radius 1 is 1.17 bits per heavy atom. The highest BCUT2D eigenvalue weighted by Crippen LogP contribution is 2.48. The van der Waals surface area contributed by atoms with Crippen molar-refractivity contribution in [3.8, 4) is 0 Å². The topological polar surface area (TPSA) is 150 Å². The van der Waals surface area contributed by atoms with Gasteiger partial charge in [-0.1, -0.05) is 30.3 Å². The van der Waals surface area contributed by atoms with Crippen molar-refractivity contribution in [3.05, 3.63) is 42.2 Å². The number of benzene rings is 1. The van der Waals surface area contributed by atoms with E-state index in [9.17, 15) is 4.57 Å². The van der Waals surface area contributed by atoms with E-state index < -0.39 is 13.7 Å². The minimum Gasteiger partial charge on any atom is -0.382 e. The summed E-state index contributed by atoms with van der Waals surface area (Å²) in [5, 5.41) is 0. The first kappa shape index (κ1) is 22.1. The number of hydrogen-bond donors (Lipinski definition) is 2. The Bertz CT molecular complexity index is 1010. The van der Waals surface area contributed by atoms with Gasteiger partial charge in [-0.05, 0) is 5.56 Å². The highest BCUT2D eigenvalue weighted by molar-refractivity contribution is 7.53. The van der Waals surface area contributed by atoms with Crippen LogP contribution < -0.4 is 11.5 Å². The first-order valence-electron chi connectivity index (χ1n) is 9.11. The number of methoxy groups -OCH3 is 1. The van der Waals surface area contributed by atoms with E-state index in [1.54, 1.807) is 18.0 Å². The average Bonchev–Trinajstić information content (AvgIpc) is 3.14. The lowest BCUT2D eigenvalue weighted by Crippen LogP contribution is -2.26. The predicted molar refractivity (Wildman–Crippen MR) is 112 cm³/mol. The lowest BCUT2D eigenvalue weighted by molar-refractivity contribution is 0.00123. The highest BCUT2D eigenvalue weighted by Gasteiger charge is 2.26. The van der Waals surface area contributed by atoms with Gasteiger partial charge in [-0.2, -0.15) is 9.97 Å². The molecule has 0 aliphatic heterocycles. The van der Waals surface area contributed by atoms with E-state index in [1.807, 2.05) is 30.3 Å². The Kier molecular flexibility index (Phi) is 7.35. The van der Waals surface area contributed by atoms with Crippen LogP contribution in [0.25, 0.3) is 11.2 Å². The second kappa shape index (κ2) is 9.96. The van der Waals surface area contributed by atoms with Gasteiger partial charge in [0.15, 0.2) is 11.5 Å². The fraction of sp³-hybridized carbons (Fsp3) is 0.389. The predicted octanol–water partition coefficient (Wildman–Crippen LogP) is 2.04. The Labute approximate surface area is 173 Å². The maximum Gasteiger partial charge on any atom is 0.356 e. The van der Waals surface area contributed by atoms with Crippen LogP contribution in [0.3, 0.4) is 0 Å². The molecule has 12 heteroatoms. The van der Waals surface area contributed by atoms with E-state index in [-0.39, 0.29) is 31.3 Å². The third kappa shape index (κ3) is 5.53. The zero-order chi connectivity index (χ0) is 21.6. The van der Waals surface area contributed by atoms with Crippen molar-refractivity contribution in [2.24, 2.45) is 0 Å². The summed E-state index contributed by atoms with van der Waals surface area (Å²) in [5.41, 5.74) is 13.3. The Hall–Kier alpha value is -2.56. The summed E-state index contributed by atoms with van der Waals surface area (Å²) < 4.78 is 36.3. The van der Waals surface area contributed by atoms with Gasteiger partial charge >= 0.3 is 7.60 Å². The smallest absolute Gasteiger partial charge is 0.356 e. The zero-order valence-corrected chi connectivity index (χ0v) is 17.7. The van der Waals surface area contributed by atoms with Gasteiger partial charge in [-0.15, -0.1) is 0 Å². The molecule has 1 aromatic carbocycles. The largest absolute Gasteiger partial charge is 0.382 e. The van der Waals surface area contributed by atoms with Crippen LogP contribution in [0.2, 0.25) is 0 Å². The van der Waals surface area contributed by atoms with Gasteiger partial charge in [0.2, 0.25) is 5.95 Å². The van der Waals surface area contributed by atoms with Crippen LogP contribution in [0.1, 0.15) is 5.56 Å². The van der Waals surface area contributed by atoms with Crippen molar-refractivity contribution in [3.63, 3.8) is 0 Å². The molecule has 0 amide bonds. The lowest BCUT2D eigenvalue weighted by Gasteiger charge is -2.22. The second-order valence-corrected chi connectivity index (χ2v) is 8.57. The number of hydrogen-bond acceptors (Lipinski definition) is 10. The molecule has 2 unspecified atom stereocenters. The number of nitrogens with zero attached hydrogens (tertiary/aromatic N) is 4. The average molecular weight is 436 g/mol. The standard InChI is InChI=1S/C18H25N6O5P/c1-26-10-14(8-24-11-21-15-16(19)22-18(20)23-17(15)24)28-12-30(25,27-2)29-9-13-6-4-3-5-7-13/h3-7,11,14H,8-10,12H2,1-2H3,(H4,19,20,22,23). The molecule has 0 fully saturated rings. The van der Waals surface area contributed by atoms with Crippen LogP contribution in [0, 0.1) is 0 Å². The number of imidazole rings is 1. The summed E-state index contributed by atoms with van der Waals surface area (Å²) in [6, 6.07) is 9.39. The number of ether oxygens (including phenoxy) is 2. The normalized spacial score (nSPS) is 14.6. The van der Waals surface area contributed by atoms with Crippen LogP contribution in [0.15, 0.2) is 36.7 Å². The van der Waals surface area contributed by atoms with Crippen molar-refractivity contribution in [2.45, 2.75) is 19.3 Å². The number of nitrogens with two attached hydrogens (primary N) is 2. The summed E-state index contributed by atoms with van der Waals surface area (Å²) in [4.78, 5) is 12.3. The van der Waals surface area contributed by atoms with Gasteiger partial charge in [0.1, 0.15) is 11.9 Å². The highest BCUT2D eigenvalue weighted by atomic mass is 31.2. The van der Waals surface area contributed by atoms with E-state index in [4.69, 9.17) is 30.0 Å². The summed E-state index contributed by atoms with van der Waals surface area (Å²) in [6.45, 7) is 0.687. The molecule has 3 rings (SSSR count). The maximum atomic E-state index is 12.9. The number of aromatic nitrogens is 4. The van der Waals surface area contributed by atoms with Gasteiger partial charge in [-0.3, -0.25) is 4.57 Å². The van der Waals surface area contributed by atoms with Crippen LogP contribution in [-0.2, 0) is 36.2 Å². The molecule has 2 heterocycles. The maximum absolute atomic E-state index is 12.9. The number of rotatable bonds is 11. The zero-order valence-electron chi connectivity index (χ0n) is 16.8. The summed E-state index contributed by atoms with van der Waals surface area (Å²) in [5.74, 6) is 0.239. The molecule has 2 atom stereocenters. The van der Waals surface area contributed by atoms with Gasteiger partial charge in [0, 0.05) is 14.2 Å². The SMILES string of the molecule is COCC(Cn1cnc2c(N)nc(N)nc21)OCP(=O)(OC)OCc1ccccc1. The minimum absolute atomic E-state index is 0.0455. The Balaban J connectivity index is 1.67. The van der Waals surface area contributed by atoms with Crippen molar-refractivity contribution < 1.29 is 23.1 Å². The molecule has 30 heavy (non-hydrogen) atoms. The summed E-state index contributed by atoms with van der Waals surface area (Å²) in [6.07, 6.45) is 0.841. The van der Waals surface area contributed by atoms with E-state index in [1.165, 1.54) is 7.11 Å². The van der Waals surface area contributed by atoms with Crippen LogP contribution >= 0.6 is 7.60 Å². The molecular weight excluding hydrogens is 411 g/mol. The summed E-state index contributed by atoms with van der Waals surface area (Å²) >= 11 is 0. The van der Waals surface area contributed by atoms with Gasteiger partial charge in [0.25, 0.3) is 0 Å². The number of nitrogen functional groups attached to an aromatic ring is 2. The van der Waals surface area contributed by atoms with Crippen LogP contribution in [0.5, 0.6) is 0 Å². The lowest BCUT2D eigenvalue weighted by atomic mass is 10.2. The Morgan fingerprint density at radius 2 is 1.93 bits per heavy atom. The van der Waals surface area contributed by atoms with Crippen LogP contribution in [0.4, 0.5) is 11.8 Å². The monoisotopic (exact) mass is 436 g/mol. The van der Waals surface area contributed by atoms with Crippen LogP contribution in [-0.4, -0.2) is 52.8 Å². The molecule has 0 radical (unpaired) electrons. The van der Waals surface area contributed by atoms with E-state index in [0.717, 1.165) is 5.56 Å². The molecule has 4 N–H and O–H groups in total. The van der Waals surface area contributed by atoms with Crippen molar-refractivity contribution in [1.82, 2.24) is 19.5 Å². The molecule has 3 aromatic rings. The van der Waals surface area contributed by atoms with E-state index >= 15 is 0 Å². The third-order valence-corrected chi connectivity index (χ3v) is 5.82. The quantitative estimate of drug-likeness (QED) is 0.427. The molecule has 0 aliphatic rings. The fourth-order valence-corrected chi connectivity index (χ4v) is 3.79. The van der Waals surface area contributed by atoms with Gasteiger partial charge in [-0.25, -0.2) is 4.98 Å². The first-order valence-corrected chi connectivity index (χ1v) is 10.8.